The number of allylic oxidation sites excluding steroid dienone is 1. The molecule has 0 amide bonds. The highest BCUT2D eigenvalue weighted by Gasteiger charge is 2.76. The van der Waals surface area contributed by atoms with Crippen LogP contribution in [0.15, 0.2) is 11.6 Å². The third-order valence-corrected chi connectivity index (χ3v) is 10.4. The number of hydrogen-bond donors (Lipinski definition) is 2. The maximum absolute atomic E-state index is 12.9. The molecule has 30 heavy (non-hydrogen) atoms. The van der Waals surface area contributed by atoms with Gasteiger partial charge in [-0.05, 0) is 86.5 Å². The molecule has 5 nitrogen and oxygen atoms in total. The summed E-state index contributed by atoms with van der Waals surface area (Å²) in [5.41, 5.74) is -0.118. The number of rotatable bonds is 4. The van der Waals surface area contributed by atoms with Gasteiger partial charge in [0.05, 0.1) is 5.60 Å². The van der Waals surface area contributed by atoms with Gasteiger partial charge in [-0.3, -0.25) is 14.4 Å². The van der Waals surface area contributed by atoms with Crippen molar-refractivity contribution in [2.24, 2.45) is 46.3 Å². The van der Waals surface area contributed by atoms with Gasteiger partial charge in [0, 0.05) is 24.2 Å². The monoisotopic (exact) mass is 414 g/mol. The summed E-state index contributed by atoms with van der Waals surface area (Å²) in [6, 6.07) is 0. The van der Waals surface area contributed by atoms with E-state index >= 15 is 0 Å². The van der Waals surface area contributed by atoms with Crippen molar-refractivity contribution < 1.29 is 24.6 Å². The van der Waals surface area contributed by atoms with E-state index in [1.807, 2.05) is 6.08 Å². The Balaban J connectivity index is 1.56. The molecule has 2 N–H and O–H groups in total. The molecule has 0 aromatic carbocycles. The molecule has 0 radical (unpaired) electrons. The number of carboxylic acids is 1. The first-order valence-corrected chi connectivity index (χ1v) is 11.7. The molecule has 5 heteroatoms. The molecule has 4 fully saturated rings. The first kappa shape index (κ1) is 20.4. The molecular formula is C25H34O5. The maximum atomic E-state index is 12.9. The Kier molecular flexibility index (Phi) is 4.27. The number of fused-ring (bicyclic) bond motifs is 7. The minimum absolute atomic E-state index is 0.00102. The lowest BCUT2D eigenvalue weighted by Crippen LogP contribution is -2.59. The van der Waals surface area contributed by atoms with E-state index in [0.717, 1.165) is 25.7 Å². The summed E-state index contributed by atoms with van der Waals surface area (Å²) in [6.07, 6.45) is 7.06. The molecule has 5 unspecified atom stereocenters. The Morgan fingerprint density at radius 1 is 1.20 bits per heavy atom. The fourth-order valence-corrected chi connectivity index (χ4v) is 8.86. The van der Waals surface area contributed by atoms with Gasteiger partial charge in [0.15, 0.2) is 5.78 Å². The SMILES string of the molecule is CC(=O)C1CC2=CC(=O)CC[C@]2(C)C2CC[C@@]3(C)C(C12)C1C[C@@H]1[C@@]3(O)CCC(=O)O. The van der Waals surface area contributed by atoms with Crippen LogP contribution in [0.1, 0.15) is 72.1 Å². The predicted octanol–water partition coefficient (Wildman–Crippen LogP) is 3.79. The zero-order chi connectivity index (χ0) is 21.6. The van der Waals surface area contributed by atoms with Crippen LogP contribution in [0.5, 0.6) is 0 Å². The van der Waals surface area contributed by atoms with Crippen LogP contribution in [0.3, 0.4) is 0 Å². The largest absolute Gasteiger partial charge is 0.481 e. The van der Waals surface area contributed by atoms with Gasteiger partial charge in [0.25, 0.3) is 0 Å². The number of carbonyl (C=O) groups excluding carboxylic acids is 2. The molecule has 0 aromatic heterocycles. The Morgan fingerprint density at radius 2 is 1.93 bits per heavy atom. The molecule has 0 aliphatic heterocycles. The lowest BCUT2D eigenvalue weighted by molar-refractivity contribution is -0.168. The minimum Gasteiger partial charge on any atom is -0.481 e. The first-order chi connectivity index (χ1) is 14.0. The Morgan fingerprint density at radius 3 is 2.60 bits per heavy atom. The molecule has 0 saturated heterocycles. The van der Waals surface area contributed by atoms with Crippen molar-refractivity contribution in [1.29, 1.82) is 0 Å². The Hall–Kier alpha value is -1.49. The van der Waals surface area contributed by atoms with Crippen molar-refractivity contribution >= 4 is 17.5 Å². The molecule has 4 saturated carbocycles. The van der Waals surface area contributed by atoms with Crippen molar-refractivity contribution in [2.75, 3.05) is 0 Å². The van der Waals surface area contributed by atoms with Gasteiger partial charge in [0.1, 0.15) is 5.78 Å². The van der Waals surface area contributed by atoms with E-state index in [-0.39, 0.29) is 52.5 Å². The van der Waals surface area contributed by atoms with E-state index in [9.17, 15) is 24.6 Å². The average molecular weight is 415 g/mol. The fraction of sp³-hybridized carbons (Fsp3) is 0.800. The van der Waals surface area contributed by atoms with E-state index < -0.39 is 11.6 Å². The summed E-state index contributed by atoms with van der Waals surface area (Å²) in [5.74, 6) is 0.890. The number of carbonyl (C=O) groups is 3. The average Bonchev–Trinajstić information content (AvgIpc) is 3.43. The van der Waals surface area contributed by atoms with E-state index in [4.69, 9.17) is 0 Å². The van der Waals surface area contributed by atoms with E-state index in [1.165, 1.54) is 5.57 Å². The van der Waals surface area contributed by atoms with E-state index in [1.54, 1.807) is 6.92 Å². The number of ketones is 2. The molecule has 0 aromatic rings. The minimum atomic E-state index is -0.938. The number of aliphatic hydroxyl groups is 1. The molecule has 5 rings (SSSR count). The van der Waals surface area contributed by atoms with Crippen molar-refractivity contribution in [3.63, 3.8) is 0 Å². The number of hydrogen-bond acceptors (Lipinski definition) is 4. The second-order valence-corrected chi connectivity index (χ2v) is 11.5. The molecule has 5 aliphatic carbocycles. The van der Waals surface area contributed by atoms with Gasteiger partial charge < -0.3 is 10.2 Å². The van der Waals surface area contributed by atoms with Crippen LogP contribution in [-0.4, -0.2) is 33.3 Å². The molecular weight excluding hydrogens is 380 g/mol. The Bertz CT molecular complexity index is 860. The number of Topliss-reactive ketones (excluding diaryl/α,β-unsaturated/α-hetero) is 1. The topological polar surface area (TPSA) is 91.7 Å². The van der Waals surface area contributed by atoms with Crippen molar-refractivity contribution in [2.45, 2.75) is 77.7 Å². The van der Waals surface area contributed by atoms with Gasteiger partial charge in [0.2, 0.25) is 0 Å². The number of carboxylic acid groups (broad SMARTS) is 1. The number of aliphatic carboxylic acids is 1. The third kappa shape index (κ3) is 2.47. The predicted molar refractivity (Wildman–Crippen MR) is 110 cm³/mol. The highest BCUT2D eigenvalue weighted by Crippen LogP contribution is 2.78. The highest BCUT2D eigenvalue weighted by molar-refractivity contribution is 5.92. The van der Waals surface area contributed by atoms with Crippen LogP contribution in [0.2, 0.25) is 0 Å². The second kappa shape index (κ2) is 6.27. The van der Waals surface area contributed by atoms with Gasteiger partial charge in [-0.1, -0.05) is 19.4 Å². The summed E-state index contributed by atoms with van der Waals surface area (Å²) < 4.78 is 0. The first-order valence-electron chi connectivity index (χ1n) is 11.7. The quantitative estimate of drug-likeness (QED) is 0.730. The zero-order valence-electron chi connectivity index (χ0n) is 18.3. The highest BCUT2D eigenvalue weighted by atomic mass is 16.4. The zero-order valence-corrected chi connectivity index (χ0v) is 18.3. The molecule has 0 heterocycles. The van der Waals surface area contributed by atoms with Crippen molar-refractivity contribution in [3.8, 4) is 0 Å². The lowest BCUT2D eigenvalue weighted by Gasteiger charge is -2.62. The van der Waals surface area contributed by atoms with E-state index in [2.05, 4.69) is 13.8 Å². The Labute approximate surface area is 178 Å². The van der Waals surface area contributed by atoms with Crippen molar-refractivity contribution in [3.05, 3.63) is 11.6 Å². The van der Waals surface area contributed by atoms with Crippen LogP contribution in [0.4, 0.5) is 0 Å². The van der Waals surface area contributed by atoms with Gasteiger partial charge >= 0.3 is 5.97 Å². The van der Waals surface area contributed by atoms with Gasteiger partial charge in [-0.15, -0.1) is 0 Å². The lowest BCUT2D eigenvalue weighted by atomic mass is 9.42. The second-order valence-electron chi connectivity index (χ2n) is 11.5. The standard InChI is InChI=1S/C25H34O5/c1-13(26)16-11-14-10-15(27)4-7-23(14,2)18-5-8-24(3)22(21(16)18)17-12-19(17)25(24,30)9-6-20(28)29/h10,16-19,21-22,30H,4-9,11-12H2,1-3H3,(H,28,29)/t16?,17?,18?,19-,21?,22?,23-,24-,25-/m0/s1. The van der Waals surface area contributed by atoms with Crippen LogP contribution in [0.25, 0.3) is 0 Å². The fourth-order valence-electron chi connectivity index (χ4n) is 8.86. The summed E-state index contributed by atoms with van der Waals surface area (Å²) in [6.45, 7) is 6.17. The summed E-state index contributed by atoms with van der Waals surface area (Å²) in [7, 11) is 0. The summed E-state index contributed by atoms with van der Waals surface area (Å²) in [4.78, 5) is 36.3. The molecule has 9 atom stereocenters. The van der Waals surface area contributed by atoms with Crippen molar-refractivity contribution in [1.82, 2.24) is 0 Å². The van der Waals surface area contributed by atoms with E-state index in [0.29, 0.717) is 31.1 Å². The molecule has 164 valence electrons. The molecule has 0 spiro atoms. The maximum Gasteiger partial charge on any atom is 0.303 e. The van der Waals surface area contributed by atoms with Crippen LogP contribution < -0.4 is 0 Å². The molecule has 5 aliphatic rings. The normalized spacial score (nSPS) is 51.2. The summed E-state index contributed by atoms with van der Waals surface area (Å²) >= 11 is 0. The third-order valence-electron chi connectivity index (χ3n) is 10.4. The smallest absolute Gasteiger partial charge is 0.303 e. The van der Waals surface area contributed by atoms with Crippen LogP contribution in [-0.2, 0) is 14.4 Å². The summed E-state index contributed by atoms with van der Waals surface area (Å²) in [5, 5.41) is 21.1. The van der Waals surface area contributed by atoms with Gasteiger partial charge in [-0.2, -0.15) is 0 Å². The van der Waals surface area contributed by atoms with Gasteiger partial charge in [-0.25, -0.2) is 0 Å². The van der Waals surface area contributed by atoms with Crippen LogP contribution >= 0.6 is 0 Å². The van der Waals surface area contributed by atoms with Crippen LogP contribution in [0, 0.1) is 46.3 Å². The molecule has 0 bridgehead atoms.